The summed E-state index contributed by atoms with van der Waals surface area (Å²) in [6.45, 7) is 0. The fraction of sp³-hybridized carbons (Fsp3) is 0.895. The van der Waals surface area contributed by atoms with E-state index in [0.717, 1.165) is 0 Å². The first-order valence-corrected chi connectivity index (χ1v) is 10.2. The maximum absolute atomic E-state index is 11.2. The van der Waals surface area contributed by atoms with Crippen molar-refractivity contribution in [2.45, 2.75) is 93.8 Å². The maximum Gasteiger partial charge on any atom is 0.307 e. The topological polar surface area (TPSA) is 217 Å². The monoisotopic (exact) mass is 580 g/mol. The number of hydrogen-bond acceptors (Lipinski definition) is 11. The molecule has 0 aromatic rings. The molecule has 0 aromatic heterocycles. The van der Waals surface area contributed by atoms with Crippen molar-refractivity contribution in [3.8, 4) is 0 Å². The lowest BCUT2D eigenvalue weighted by atomic mass is 9.94. The van der Waals surface area contributed by atoms with Crippen LogP contribution in [-0.4, -0.2) is 84.0 Å². The van der Waals surface area contributed by atoms with E-state index in [1.807, 2.05) is 0 Å². The number of methoxy groups -OCH3 is 2. The average molecular weight is 582 g/mol. The number of carbonyl (C=O) groups excluding carboxylic acids is 2. The minimum atomic E-state index is -0.807. The predicted molar refractivity (Wildman–Crippen MR) is 140 cm³/mol. The van der Waals surface area contributed by atoms with E-state index in [0.29, 0.717) is 0 Å². The van der Waals surface area contributed by atoms with Crippen LogP contribution in [0, 0.1) is 0 Å². The van der Waals surface area contributed by atoms with E-state index >= 15 is 0 Å². The van der Waals surface area contributed by atoms with Gasteiger partial charge in [0.1, 0.15) is 0 Å². The molecule has 34 heavy (non-hydrogen) atoms. The van der Waals surface area contributed by atoms with E-state index < -0.39 is 54.4 Å². The highest BCUT2D eigenvalue weighted by Crippen LogP contribution is 2.14. The summed E-state index contributed by atoms with van der Waals surface area (Å²) in [4.78, 5) is 22.3. The summed E-state index contributed by atoms with van der Waals surface area (Å²) in [5.41, 5.74) is 23.5. The van der Waals surface area contributed by atoms with Crippen LogP contribution in [-0.2, 0) is 19.1 Å². The first-order chi connectivity index (χ1) is 14.0. The molecule has 0 aliphatic rings. The summed E-state index contributed by atoms with van der Waals surface area (Å²) in [5.74, 6) is -0.895. The second-order valence-electron chi connectivity index (χ2n) is 7.98. The molecule has 0 aliphatic carbocycles. The number of aliphatic hydroxyl groups is 3. The fourth-order valence-corrected chi connectivity index (χ4v) is 3.34. The van der Waals surface area contributed by atoms with Gasteiger partial charge in [-0.2, -0.15) is 0 Å². The normalized spacial score (nSPS) is 16.4. The van der Waals surface area contributed by atoms with E-state index in [1.54, 1.807) is 0 Å². The quantitative estimate of drug-likeness (QED) is 0.115. The SMILES string of the molecule is COC(=O)CC(N)CC(O)CC(N)CC(O)CC(N)CC(O)CC(N)CC(=O)OC.Cl.Cl.Cl.Cl. The maximum atomic E-state index is 11.2. The minimum absolute atomic E-state index is 0. The second-order valence-corrected chi connectivity index (χ2v) is 7.98. The van der Waals surface area contributed by atoms with Crippen molar-refractivity contribution in [3.63, 3.8) is 0 Å². The molecule has 15 heteroatoms. The first-order valence-electron chi connectivity index (χ1n) is 10.2. The summed E-state index contributed by atoms with van der Waals surface area (Å²) in [5, 5.41) is 30.3. The molecule has 0 rings (SSSR count). The molecule has 6 atom stereocenters. The van der Waals surface area contributed by atoms with Crippen LogP contribution in [0.2, 0.25) is 0 Å². The van der Waals surface area contributed by atoms with Gasteiger partial charge in [0.25, 0.3) is 0 Å². The van der Waals surface area contributed by atoms with Crippen LogP contribution in [0.15, 0.2) is 0 Å². The van der Waals surface area contributed by atoms with Gasteiger partial charge in [-0.15, -0.1) is 49.6 Å². The molecule has 210 valence electrons. The minimum Gasteiger partial charge on any atom is -0.469 e. The van der Waals surface area contributed by atoms with E-state index in [-0.39, 0.29) is 101 Å². The zero-order valence-electron chi connectivity index (χ0n) is 19.6. The van der Waals surface area contributed by atoms with Gasteiger partial charge in [-0.05, 0) is 38.5 Å². The van der Waals surface area contributed by atoms with Gasteiger partial charge in [0.2, 0.25) is 0 Å². The van der Waals surface area contributed by atoms with Crippen molar-refractivity contribution in [2.75, 3.05) is 14.2 Å². The Morgan fingerprint density at radius 2 is 0.765 bits per heavy atom. The molecular weight excluding hydrogens is 538 g/mol. The van der Waals surface area contributed by atoms with Gasteiger partial charge < -0.3 is 47.7 Å². The summed E-state index contributed by atoms with van der Waals surface area (Å²) in [7, 11) is 2.53. The van der Waals surface area contributed by atoms with Crippen molar-refractivity contribution in [1.82, 2.24) is 0 Å². The van der Waals surface area contributed by atoms with Crippen molar-refractivity contribution in [1.29, 1.82) is 0 Å². The van der Waals surface area contributed by atoms with Crippen LogP contribution in [0.4, 0.5) is 0 Å². The summed E-state index contributed by atoms with van der Waals surface area (Å²) >= 11 is 0. The number of rotatable bonds is 16. The molecule has 0 spiro atoms. The van der Waals surface area contributed by atoms with Crippen LogP contribution < -0.4 is 22.9 Å². The fourth-order valence-electron chi connectivity index (χ4n) is 3.34. The number of esters is 2. The van der Waals surface area contributed by atoms with Crippen LogP contribution in [0.25, 0.3) is 0 Å². The lowest BCUT2D eigenvalue weighted by molar-refractivity contribution is -0.142. The third-order valence-electron chi connectivity index (χ3n) is 4.76. The Morgan fingerprint density at radius 3 is 0.971 bits per heavy atom. The molecule has 0 radical (unpaired) electrons. The van der Waals surface area contributed by atoms with Gasteiger partial charge in [0.15, 0.2) is 0 Å². The molecule has 0 amide bonds. The number of ether oxygens (including phenoxy) is 2. The third-order valence-corrected chi connectivity index (χ3v) is 4.76. The standard InChI is InChI=1S/C19H40N4O7.4ClH/c1-29-18(27)9-13(22)7-16(25)5-11(20)3-15(24)4-12(21)6-17(26)8-14(23)10-19(28)30-2;;;;/h11-17,24-26H,3-10,20-23H2,1-2H3;4*1H. The molecule has 0 bridgehead atoms. The number of aliphatic hydroxyl groups excluding tert-OH is 3. The van der Waals surface area contributed by atoms with Crippen molar-refractivity contribution >= 4 is 61.6 Å². The summed E-state index contributed by atoms with van der Waals surface area (Å²) < 4.78 is 9.06. The van der Waals surface area contributed by atoms with Gasteiger partial charge in [0.05, 0.1) is 45.4 Å². The molecule has 11 N–H and O–H groups in total. The average Bonchev–Trinajstić information content (AvgIpc) is 2.59. The molecular formula is C19H44Cl4N4O7. The van der Waals surface area contributed by atoms with Gasteiger partial charge >= 0.3 is 11.9 Å². The molecule has 0 aromatic carbocycles. The lowest BCUT2D eigenvalue weighted by Gasteiger charge is -2.24. The highest BCUT2D eigenvalue weighted by molar-refractivity contribution is 5.86. The summed E-state index contributed by atoms with van der Waals surface area (Å²) in [6, 6.07) is -2.04. The molecule has 6 unspecified atom stereocenters. The number of halogens is 4. The van der Waals surface area contributed by atoms with E-state index in [1.165, 1.54) is 14.2 Å². The Kier molecular flexibility index (Phi) is 31.6. The van der Waals surface area contributed by atoms with Gasteiger partial charge in [-0.25, -0.2) is 0 Å². The molecule has 0 saturated heterocycles. The first kappa shape index (κ1) is 43.9. The van der Waals surface area contributed by atoms with Gasteiger partial charge in [0, 0.05) is 24.2 Å². The second kappa shape index (κ2) is 24.5. The number of carbonyl (C=O) groups is 2. The smallest absolute Gasteiger partial charge is 0.307 e. The van der Waals surface area contributed by atoms with Gasteiger partial charge in [-0.3, -0.25) is 9.59 Å². The number of nitrogens with two attached hydrogens (primary N) is 4. The van der Waals surface area contributed by atoms with Crippen LogP contribution >= 0.6 is 49.6 Å². The lowest BCUT2D eigenvalue weighted by Crippen LogP contribution is -2.37. The van der Waals surface area contributed by atoms with Crippen LogP contribution in [0.3, 0.4) is 0 Å². The predicted octanol–water partition coefficient (Wildman–Crippen LogP) is -0.468. The zero-order chi connectivity index (χ0) is 23.3. The summed E-state index contributed by atoms with van der Waals surface area (Å²) in [6.07, 6.45) is -1.16. The molecule has 0 fully saturated rings. The Morgan fingerprint density at radius 1 is 0.559 bits per heavy atom. The molecule has 0 heterocycles. The number of hydrogen-bond donors (Lipinski definition) is 7. The highest BCUT2D eigenvalue weighted by atomic mass is 35.5. The third kappa shape index (κ3) is 23.6. The van der Waals surface area contributed by atoms with E-state index in [9.17, 15) is 24.9 Å². The zero-order valence-corrected chi connectivity index (χ0v) is 22.9. The van der Waals surface area contributed by atoms with Crippen LogP contribution in [0.5, 0.6) is 0 Å². The molecule has 0 saturated carbocycles. The van der Waals surface area contributed by atoms with Crippen LogP contribution in [0.1, 0.15) is 51.4 Å². The largest absolute Gasteiger partial charge is 0.469 e. The van der Waals surface area contributed by atoms with Crippen molar-refractivity contribution in [3.05, 3.63) is 0 Å². The highest BCUT2D eigenvalue weighted by Gasteiger charge is 2.22. The Hall–Kier alpha value is -0.180. The Bertz CT molecular complexity index is 473. The van der Waals surface area contributed by atoms with Crippen molar-refractivity contribution in [2.24, 2.45) is 22.9 Å². The molecule has 0 aliphatic heterocycles. The van der Waals surface area contributed by atoms with Crippen molar-refractivity contribution < 1.29 is 34.4 Å². The van der Waals surface area contributed by atoms with E-state index in [2.05, 4.69) is 9.47 Å². The molecule has 11 nitrogen and oxygen atoms in total. The van der Waals surface area contributed by atoms with E-state index in [4.69, 9.17) is 22.9 Å². The van der Waals surface area contributed by atoms with Gasteiger partial charge in [-0.1, -0.05) is 0 Å². The Labute approximate surface area is 226 Å². The Balaban J connectivity index is -0.000000701.